The van der Waals surface area contributed by atoms with Crippen molar-refractivity contribution < 1.29 is 9.90 Å². The Labute approximate surface area is 169 Å². The Balaban J connectivity index is 1.74. The van der Waals surface area contributed by atoms with E-state index < -0.39 is 5.97 Å². The summed E-state index contributed by atoms with van der Waals surface area (Å²) in [4.78, 5) is 15.2. The number of hydrogen-bond donors (Lipinski definition) is 1. The van der Waals surface area contributed by atoms with Crippen molar-refractivity contribution in [3.05, 3.63) is 78.5 Å². The molecule has 6 nitrogen and oxygen atoms in total. The molecule has 0 bridgehead atoms. The van der Waals surface area contributed by atoms with Crippen LogP contribution in [0.2, 0.25) is 0 Å². The molecule has 6 heteroatoms. The van der Waals surface area contributed by atoms with Gasteiger partial charge in [-0.2, -0.15) is 5.10 Å². The summed E-state index contributed by atoms with van der Waals surface area (Å²) < 4.78 is 4.03. The van der Waals surface area contributed by atoms with Crippen LogP contribution in [0.3, 0.4) is 0 Å². The van der Waals surface area contributed by atoms with Gasteiger partial charge >= 0.3 is 5.97 Å². The Hall–Kier alpha value is -3.41. The summed E-state index contributed by atoms with van der Waals surface area (Å²) in [5, 5.41) is 14.7. The largest absolute Gasteiger partial charge is 0.478 e. The number of hydrogen-bond acceptors (Lipinski definition) is 3. The van der Waals surface area contributed by atoms with Crippen molar-refractivity contribution in [2.75, 3.05) is 0 Å². The fourth-order valence-corrected chi connectivity index (χ4v) is 4.07. The zero-order chi connectivity index (χ0) is 20.4. The van der Waals surface area contributed by atoms with Crippen molar-refractivity contribution in [3.63, 3.8) is 0 Å². The molecule has 0 radical (unpaired) electrons. The van der Waals surface area contributed by atoms with Crippen LogP contribution < -0.4 is 0 Å². The average molecular weight is 388 g/mol. The van der Waals surface area contributed by atoms with Gasteiger partial charge in [-0.05, 0) is 53.9 Å². The monoisotopic (exact) mass is 388 g/mol. The van der Waals surface area contributed by atoms with Crippen LogP contribution in [0.1, 0.15) is 48.7 Å². The molecule has 4 aromatic rings. The molecule has 4 rings (SSSR count). The van der Waals surface area contributed by atoms with Crippen LogP contribution in [0.4, 0.5) is 0 Å². The summed E-state index contributed by atoms with van der Waals surface area (Å²) in [6, 6.07) is 15.7. The molecular weight excluding hydrogens is 364 g/mol. The minimum absolute atomic E-state index is 0.148. The second kappa shape index (κ2) is 7.91. The first kappa shape index (κ1) is 18.9. The first-order chi connectivity index (χ1) is 14.1. The van der Waals surface area contributed by atoms with Gasteiger partial charge in [0.05, 0.1) is 17.1 Å². The number of carbonyl (C=O) groups is 1. The Kier molecular flexibility index (Phi) is 5.16. The third kappa shape index (κ3) is 3.53. The van der Waals surface area contributed by atoms with Crippen LogP contribution in [0.15, 0.2) is 67.4 Å². The predicted molar refractivity (Wildman–Crippen MR) is 112 cm³/mol. The van der Waals surface area contributed by atoms with Gasteiger partial charge in [0.1, 0.15) is 12.7 Å². The normalized spacial score (nSPS) is 12.5. The molecule has 0 aliphatic rings. The standard InChI is InChI=1S/C23H24N4O2/c1-3-16(4-2)22(27-15-24-14-25-27)19-7-10-21-18(13-19)11-12-26(21)20-8-5-17(6-9-20)23(28)29/h5-16,22H,3-4H2,1-2H3,(H,28,29). The highest BCUT2D eigenvalue weighted by atomic mass is 16.4. The average Bonchev–Trinajstić information content (AvgIpc) is 3.41. The zero-order valence-corrected chi connectivity index (χ0v) is 16.6. The summed E-state index contributed by atoms with van der Waals surface area (Å²) >= 11 is 0. The maximum atomic E-state index is 11.1. The van der Waals surface area contributed by atoms with E-state index in [9.17, 15) is 4.79 Å². The van der Waals surface area contributed by atoms with Crippen molar-refractivity contribution in [1.82, 2.24) is 19.3 Å². The molecular formula is C23H24N4O2. The Morgan fingerprint density at radius 1 is 1.07 bits per heavy atom. The molecule has 148 valence electrons. The fraction of sp³-hybridized carbons (Fsp3) is 0.261. The predicted octanol–water partition coefficient (Wildman–Crippen LogP) is 4.95. The van der Waals surface area contributed by atoms with Crippen LogP contribution in [-0.2, 0) is 0 Å². The third-order valence-corrected chi connectivity index (χ3v) is 5.67. The van der Waals surface area contributed by atoms with Crippen LogP contribution in [-0.4, -0.2) is 30.4 Å². The molecule has 0 amide bonds. The Morgan fingerprint density at radius 3 is 2.45 bits per heavy atom. The fourth-order valence-electron chi connectivity index (χ4n) is 4.07. The van der Waals surface area contributed by atoms with E-state index in [0.29, 0.717) is 5.92 Å². The number of carboxylic acid groups (broad SMARTS) is 1. The number of aromatic carboxylic acids is 1. The van der Waals surface area contributed by atoms with Gasteiger partial charge in [0.25, 0.3) is 0 Å². The summed E-state index contributed by atoms with van der Waals surface area (Å²) in [6.45, 7) is 4.43. The van der Waals surface area contributed by atoms with Crippen LogP contribution in [0.5, 0.6) is 0 Å². The van der Waals surface area contributed by atoms with E-state index in [4.69, 9.17) is 5.11 Å². The van der Waals surface area contributed by atoms with E-state index in [1.54, 1.807) is 24.8 Å². The summed E-state index contributed by atoms with van der Waals surface area (Å²) in [5.41, 5.74) is 3.52. The molecule has 0 aliphatic carbocycles. The van der Waals surface area contributed by atoms with Gasteiger partial charge < -0.3 is 9.67 Å². The lowest BCUT2D eigenvalue weighted by molar-refractivity contribution is 0.0697. The van der Waals surface area contributed by atoms with Gasteiger partial charge in [-0.15, -0.1) is 0 Å². The molecule has 0 saturated carbocycles. The minimum Gasteiger partial charge on any atom is -0.478 e. The van der Waals surface area contributed by atoms with E-state index in [-0.39, 0.29) is 11.6 Å². The van der Waals surface area contributed by atoms with Gasteiger partial charge in [-0.3, -0.25) is 0 Å². The number of benzene rings is 2. The molecule has 0 saturated heterocycles. The van der Waals surface area contributed by atoms with E-state index in [0.717, 1.165) is 29.4 Å². The van der Waals surface area contributed by atoms with E-state index in [1.165, 1.54) is 5.56 Å². The number of fused-ring (bicyclic) bond motifs is 1. The zero-order valence-electron chi connectivity index (χ0n) is 16.6. The molecule has 1 atom stereocenters. The van der Waals surface area contributed by atoms with Gasteiger partial charge in [0.15, 0.2) is 0 Å². The van der Waals surface area contributed by atoms with E-state index >= 15 is 0 Å². The molecule has 2 aromatic heterocycles. The van der Waals surface area contributed by atoms with Gasteiger partial charge in [-0.1, -0.05) is 32.8 Å². The maximum absolute atomic E-state index is 11.1. The molecule has 2 heterocycles. The van der Waals surface area contributed by atoms with Crippen molar-refractivity contribution in [3.8, 4) is 5.69 Å². The van der Waals surface area contributed by atoms with E-state index in [2.05, 4.69) is 52.8 Å². The molecule has 1 N–H and O–H groups in total. The lowest BCUT2D eigenvalue weighted by Gasteiger charge is -2.26. The summed E-state index contributed by atoms with van der Waals surface area (Å²) in [5.74, 6) is -0.445. The molecule has 29 heavy (non-hydrogen) atoms. The Bertz CT molecular complexity index is 1110. The first-order valence-corrected chi connectivity index (χ1v) is 9.91. The molecule has 0 fully saturated rings. The minimum atomic E-state index is -0.917. The molecule has 0 aliphatic heterocycles. The molecule has 2 aromatic carbocycles. The van der Waals surface area contributed by atoms with Crippen molar-refractivity contribution in [2.45, 2.75) is 32.7 Å². The highest BCUT2D eigenvalue weighted by molar-refractivity contribution is 5.88. The first-order valence-electron chi connectivity index (χ1n) is 9.91. The van der Waals surface area contributed by atoms with Crippen LogP contribution >= 0.6 is 0 Å². The quantitative estimate of drug-likeness (QED) is 0.486. The van der Waals surface area contributed by atoms with Crippen LogP contribution in [0.25, 0.3) is 16.6 Å². The lowest BCUT2D eigenvalue weighted by atomic mass is 9.88. The number of aromatic nitrogens is 4. The number of nitrogens with zero attached hydrogens (tertiary/aromatic N) is 4. The van der Waals surface area contributed by atoms with Gasteiger partial charge in [-0.25, -0.2) is 14.5 Å². The van der Waals surface area contributed by atoms with E-state index in [1.807, 2.05) is 23.0 Å². The van der Waals surface area contributed by atoms with Crippen molar-refractivity contribution in [1.29, 1.82) is 0 Å². The highest BCUT2D eigenvalue weighted by Crippen LogP contribution is 2.33. The second-order valence-corrected chi connectivity index (χ2v) is 7.25. The van der Waals surface area contributed by atoms with Crippen LogP contribution in [0, 0.1) is 5.92 Å². The topological polar surface area (TPSA) is 72.9 Å². The van der Waals surface area contributed by atoms with Crippen molar-refractivity contribution in [2.24, 2.45) is 5.92 Å². The lowest BCUT2D eigenvalue weighted by Crippen LogP contribution is -2.20. The van der Waals surface area contributed by atoms with Crippen molar-refractivity contribution >= 4 is 16.9 Å². The number of rotatable bonds is 7. The number of carboxylic acids is 1. The third-order valence-electron chi connectivity index (χ3n) is 5.67. The van der Waals surface area contributed by atoms with Gasteiger partial charge in [0, 0.05) is 17.3 Å². The summed E-state index contributed by atoms with van der Waals surface area (Å²) in [6.07, 6.45) is 7.53. The summed E-state index contributed by atoms with van der Waals surface area (Å²) in [7, 11) is 0. The smallest absolute Gasteiger partial charge is 0.335 e. The molecule has 1 unspecified atom stereocenters. The molecule has 0 spiro atoms. The SMILES string of the molecule is CCC(CC)C(c1ccc2c(ccn2-c2ccc(C(=O)O)cc2)c1)n1cncn1. The highest BCUT2D eigenvalue weighted by Gasteiger charge is 2.23. The van der Waals surface area contributed by atoms with Gasteiger partial charge in [0.2, 0.25) is 0 Å². The maximum Gasteiger partial charge on any atom is 0.335 e. The Morgan fingerprint density at radius 2 is 1.83 bits per heavy atom. The second-order valence-electron chi connectivity index (χ2n) is 7.25.